The molecule has 43 heavy (non-hydrogen) atoms. The number of anilines is 5. The molecule has 13 heteroatoms. The van der Waals surface area contributed by atoms with Gasteiger partial charge < -0.3 is 24.8 Å². The Kier molecular flexibility index (Phi) is 8.93. The van der Waals surface area contributed by atoms with Crippen molar-refractivity contribution in [1.29, 1.82) is 0 Å². The number of para-hydroxylation sites is 2. The Morgan fingerprint density at radius 2 is 1.53 bits per heavy atom. The number of halogens is 1. The average molecular weight is 604 g/mol. The van der Waals surface area contributed by atoms with Crippen molar-refractivity contribution in [2.24, 2.45) is 0 Å². The molecule has 220 valence electrons. The number of rotatable bonds is 11. The van der Waals surface area contributed by atoms with Crippen molar-refractivity contribution < 1.29 is 32.2 Å². The van der Waals surface area contributed by atoms with Crippen molar-refractivity contribution in [2.75, 3.05) is 35.8 Å². The molecule has 0 radical (unpaired) electrons. The van der Waals surface area contributed by atoms with E-state index in [1.54, 1.807) is 54.6 Å². The number of carbonyl (C=O) groups is 1. The minimum absolute atomic E-state index is 0.0458. The van der Waals surface area contributed by atoms with Gasteiger partial charge in [0.15, 0.2) is 18.2 Å². The van der Waals surface area contributed by atoms with Gasteiger partial charge in [-0.15, -0.1) is 0 Å². The number of fused-ring (bicyclic) bond motifs is 1. The van der Waals surface area contributed by atoms with Crippen molar-refractivity contribution in [2.45, 2.75) is 0 Å². The Morgan fingerprint density at radius 3 is 2.19 bits per heavy atom. The van der Waals surface area contributed by atoms with Crippen LogP contribution in [0.3, 0.4) is 0 Å². The first-order chi connectivity index (χ1) is 20.8. The van der Waals surface area contributed by atoms with Crippen LogP contribution in [0.25, 0.3) is 11.0 Å². The summed E-state index contributed by atoms with van der Waals surface area (Å²) in [5.41, 5.74) is 2.15. The van der Waals surface area contributed by atoms with E-state index in [0.29, 0.717) is 39.7 Å². The average Bonchev–Trinajstić information content (AvgIpc) is 3.01. The van der Waals surface area contributed by atoms with Crippen molar-refractivity contribution in [3.8, 4) is 17.2 Å². The second kappa shape index (κ2) is 13.1. The normalized spacial score (nSPS) is 11.4. The summed E-state index contributed by atoms with van der Waals surface area (Å²) in [6.45, 7) is -0.334. The van der Waals surface area contributed by atoms with Crippen LogP contribution in [-0.2, 0) is 16.1 Å². The Bertz CT molecular complexity index is 1770. The molecule has 1 aromatic heterocycles. The standard InChI is InChI=1S/C30H26FN5O6S/c1-40-24-15-21(16-25(17-24)41-2)33-29-30(35-27-9-4-3-8-26(27)34-29)36(43(38)39)22-7-5-6-20(14-22)32-28(37)18-42-23-12-10-19(31)11-13-23/h3-17H,18H2,1-2H3,(H,32,37)(H,33,34)(H,38,39). The highest BCUT2D eigenvalue weighted by Gasteiger charge is 2.24. The molecule has 11 nitrogen and oxygen atoms in total. The van der Waals surface area contributed by atoms with Crippen LogP contribution in [0.15, 0.2) is 91.0 Å². The van der Waals surface area contributed by atoms with Crippen LogP contribution in [-0.4, -0.2) is 45.5 Å². The highest BCUT2D eigenvalue weighted by molar-refractivity contribution is 7.81. The van der Waals surface area contributed by atoms with Crippen molar-refractivity contribution in [3.63, 3.8) is 0 Å². The molecule has 1 heterocycles. The summed E-state index contributed by atoms with van der Waals surface area (Å²) >= 11 is -2.61. The maximum absolute atomic E-state index is 13.1. The molecule has 1 atom stereocenters. The predicted molar refractivity (Wildman–Crippen MR) is 162 cm³/mol. The maximum Gasteiger partial charge on any atom is 0.268 e. The third-order valence-corrected chi connectivity index (χ3v) is 6.76. The Hall–Kier alpha value is -5.27. The Labute approximate surface area is 248 Å². The van der Waals surface area contributed by atoms with E-state index in [4.69, 9.17) is 14.2 Å². The number of carbonyl (C=O) groups excluding carboxylic acids is 1. The van der Waals surface area contributed by atoms with E-state index < -0.39 is 23.0 Å². The Balaban J connectivity index is 1.47. The summed E-state index contributed by atoms with van der Waals surface area (Å²) in [5, 5.41) is 5.87. The molecule has 3 N–H and O–H groups in total. The van der Waals surface area contributed by atoms with Crippen LogP contribution in [0.1, 0.15) is 0 Å². The van der Waals surface area contributed by atoms with Gasteiger partial charge in [0.25, 0.3) is 17.2 Å². The number of nitrogens with one attached hydrogen (secondary N) is 2. The number of hydrogen-bond acceptors (Lipinski definition) is 8. The molecule has 0 saturated carbocycles. The molecule has 0 saturated heterocycles. The molecule has 1 amide bonds. The summed E-state index contributed by atoms with van der Waals surface area (Å²) in [6, 6.07) is 23.8. The highest BCUT2D eigenvalue weighted by Crippen LogP contribution is 2.36. The van der Waals surface area contributed by atoms with Gasteiger partial charge in [-0.1, -0.05) is 18.2 Å². The fraction of sp³-hybridized carbons (Fsp3) is 0.100. The van der Waals surface area contributed by atoms with Crippen molar-refractivity contribution in [3.05, 3.63) is 96.8 Å². The summed E-state index contributed by atoms with van der Waals surface area (Å²) in [6.07, 6.45) is 0. The smallest absolute Gasteiger partial charge is 0.268 e. The predicted octanol–water partition coefficient (Wildman–Crippen LogP) is 5.82. The second-order valence-corrected chi connectivity index (χ2v) is 9.80. The van der Waals surface area contributed by atoms with E-state index in [1.165, 1.54) is 44.6 Å². The molecular weight excluding hydrogens is 577 g/mol. The zero-order chi connectivity index (χ0) is 30.3. The van der Waals surface area contributed by atoms with Crippen molar-refractivity contribution >= 4 is 56.9 Å². The first kappa shape index (κ1) is 29.2. The van der Waals surface area contributed by atoms with Crippen LogP contribution in [0.2, 0.25) is 0 Å². The first-order valence-electron chi connectivity index (χ1n) is 12.8. The van der Waals surface area contributed by atoms with E-state index in [0.717, 1.165) is 4.31 Å². The second-order valence-electron chi connectivity index (χ2n) is 8.98. The maximum atomic E-state index is 13.1. The first-order valence-corrected chi connectivity index (χ1v) is 13.9. The molecule has 0 fully saturated rings. The van der Waals surface area contributed by atoms with Gasteiger partial charge in [-0.2, -0.15) is 0 Å². The highest BCUT2D eigenvalue weighted by atomic mass is 32.2. The largest absolute Gasteiger partial charge is 0.497 e. The van der Waals surface area contributed by atoms with Crippen LogP contribution < -0.4 is 29.1 Å². The number of benzene rings is 4. The monoisotopic (exact) mass is 603 g/mol. The van der Waals surface area contributed by atoms with Gasteiger partial charge in [0, 0.05) is 29.6 Å². The number of nitrogens with zero attached hydrogens (tertiary/aromatic N) is 3. The molecular formula is C30H26FN5O6S. The zero-order valence-corrected chi connectivity index (χ0v) is 23.8. The van der Waals surface area contributed by atoms with Gasteiger partial charge in [0.05, 0.1) is 30.9 Å². The third-order valence-electron chi connectivity index (χ3n) is 6.06. The lowest BCUT2D eigenvalue weighted by molar-refractivity contribution is -0.118. The lowest BCUT2D eigenvalue weighted by atomic mass is 10.2. The van der Waals surface area contributed by atoms with Crippen molar-refractivity contribution in [1.82, 2.24) is 9.97 Å². The van der Waals surface area contributed by atoms with Gasteiger partial charge in [0.2, 0.25) is 0 Å². The fourth-order valence-corrected chi connectivity index (χ4v) is 4.67. The molecule has 0 aliphatic rings. The minimum Gasteiger partial charge on any atom is -0.497 e. The number of hydrogen-bond donors (Lipinski definition) is 3. The SMILES string of the molecule is COc1cc(Nc2nc3ccccc3nc2N(c2cccc(NC(=O)COc3ccc(F)cc3)c2)S(=O)O)cc(OC)c1. The summed E-state index contributed by atoms with van der Waals surface area (Å²) in [4.78, 5) is 21.9. The molecule has 1 unspecified atom stereocenters. The molecule has 0 bridgehead atoms. The molecule has 0 spiro atoms. The van der Waals surface area contributed by atoms with Crippen LogP contribution in [0.5, 0.6) is 17.2 Å². The lowest BCUT2D eigenvalue weighted by Gasteiger charge is -2.23. The lowest BCUT2D eigenvalue weighted by Crippen LogP contribution is -2.23. The number of ether oxygens (including phenoxy) is 3. The number of aromatic nitrogens is 2. The summed E-state index contributed by atoms with van der Waals surface area (Å²) < 4.78 is 53.6. The van der Waals surface area contributed by atoms with E-state index in [-0.39, 0.29) is 23.9 Å². The van der Waals surface area contributed by atoms with Gasteiger partial charge in [-0.25, -0.2) is 22.9 Å². The van der Waals surface area contributed by atoms with Gasteiger partial charge in [-0.05, 0) is 54.6 Å². The third kappa shape index (κ3) is 7.15. The van der Waals surface area contributed by atoms with E-state index in [1.807, 2.05) is 6.07 Å². The topological polar surface area (TPSA) is 135 Å². The zero-order valence-electron chi connectivity index (χ0n) is 23.0. The summed E-state index contributed by atoms with van der Waals surface area (Å²) in [7, 11) is 3.05. The van der Waals surface area contributed by atoms with Crippen LogP contribution in [0, 0.1) is 5.82 Å². The molecule has 4 aromatic carbocycles. The molecule has 0 aliphatic heterocycles. The van der Waals surface area contributed by atoms with Gasteiger partial charge in [-0.3, -0.25) is 9.35 Å². The fourth-order valence-electron chi connectivity index (χ4n) is 4.11. The Morgan fingerprint density at radius 1 is 0.860 bits per heavy atom. The van der Waals surface area contributed by atoms with Crippen LogP contribution >= 0.6 is 0 Å². The van der Waals surface area contributed by atoms with Crippen LogP contribution in [0.4, 0.5) is 33.1 Å². The van der Waals surface area contributed by atoms with Gasteiger partial charge >= 0.3 is 0 Å². The molecule has 0 aliphatic carbocycles. The number of amides is 1. The van der Waals surface area contributed by atoms with E-state index >= 15 is 0 Å². The van der Waals surface area contributed by atoms with E-state index in [2.05, 4.69) is 20.6 Å². The number of methoxy groups -OCH3 is 2. The molecule has 5 rings (SSSR count). The summed E-state index contributed by atoms with van der Waals surface area (Å²) in [5.74, 6) is 0.687. The van der Waals surface area contributed by atoms with Gasteiger partial charge in [0.1, 0.15) is 23.1 Å². The minimum atomic E-state index is -2.61. The molecule has 5 aromatic rings. The quantitative estimate of drug-likeness (QED) is 0.160. The van der Waals surface area contributed by atoms with E-state index in [9.17, 15) is 17.9 Å².